The van der Waals surface area contributed by atoms with E-state index in [4.69, 9.17) is 4.74 Å². The molecule has 0 saturated carbocycles. The van der Waals surface area contributed by atoms with Gasteiger partial charge >= 0.3 is 0 Å². The first-order valence-corrected chi connectivity index (χ1v) is 7.68. The van der Waals surface area contributed by atoms with Crippen LogP contribution in [0.4, 0.5) is 0 Å². The molecule has 22 heavy (non-hydrogen) atoms. The fourth-order valence-electron chi connectivity index (χ4n) is 1.69. The molecule has 0 spiro atoms. The van der Waals surface area contributed by atoms with Gasteiger partial charge in [0.05, 0.1) is 6.61 Å². The molecular weight excluding hydrogens is 391 g/mol. The molecule has 0 radical (unpaired) electrons. The standard InChI is InChI=1S/C16H28N4O.HI/c1-5-10-21-15-7-6-14(11-19-15)12-20-16(17-4)18-9-8-13(2)3;/h6-7,11,13H,5,8-10,12H2,1-4H3,(H2,17,18,20);1H. The van der Waals surface area contributed by atoms with Gasteiger partial charge in [0.25, 0.3) is 0 Å². The number of aromatic nitrogens is 1. The minimum absolute atomic E-state index is 0. The number of aliphatic imine (C=N–C) groups is 1. The highest BCUT2D eigenvalue weighted by Crippen LogP contribution is 2.07. The molecule has 0 aliphatic carbocycles. The second-order valence-electron chi connectivity index (χ2n) is 5.39. The molecule has 1 rings (SSSR count). The number of hydrogen-bond donors (Lipinski definition) is 2. The third-order valence-electron chi connectivity index (χ3n) is 2.95. The zero-order valence-corrected chi connectivity index (χ0v) is 16.4. The Hall–Kier alpha value is -1.05. The van der Waals surface area contributed by atoms with Crippen molar-refractivity contribution in [1.29, 1.82) is 0 Å². The van der Waals surface area contributed by atoms with Gasteiger partial charge in [-0.05, 0) is 24.3 Å². The number of ether oxygens (including phenoxy) is 1. The van der Waals surface area contributed by atoms with Crippen LogP contribution in [0, 0.1) is 5.92 Å². The number of rotatable bonds is 8. The maximum absolute atomic E-state index is 5.46. The van der Waals surface area contributed by atoms with Crippen molar-refractivity contribution in [3.63, 3.8) is 0 Å². The Morgan fingerprint density at radius 3 is 2.64 bits per heavy atom. The van der Waals surface area contributed by atoms with E-state index >= 15 is 0 Å². The summed E-state index contributed by atoms with van der Waals surface area (Å²) in [5.74, 6) is 2.19. The molecule has 0 aliphatic heterocycles. The topological polar surface area (TPSA) is 58.5 Å². The molecule has 1 aromatic heterocycles. The SMILES string of the molecule is CCCOc1ccc(CNC(=NC)NCCC(C)C)cn1.I. The summed E-state index contributed by atoms with van der Waals surface area (Å²) >= 11 is 0. The van der Waals surface area contributed by atoms with Gasteiger partial charge in [0.2, 0.25) is 5.88 Å². The van der Waals surface area contributed by atoms with Crippen LogP contribution in [0.5, 0.6) is 5.88 Å². The molecular formula is C16H29IN4O. The smallest absolute Gasteiger partial charge is 0.213 e. The van der Waals surface area contributed by atoms with Crippen molar-refractivity contribution in [2.45, 2.75) is 40.2 Å². The Labute approximate surface area is 151 Å². The lowest BCUT2D eigenvalue weighted by atomic mass is 10.1. The minimum Gasteiger partial charge on any atom is -0.478 e. The molecule has 0 bridgehead atoms. The zero-order valence-electron chi connectivity index (χ0n) is 14.1. The zero-order chi connectivity index (χ0) is 15.5. The van der Waals surface area contributed by atoms with Crippen molar-refractivity contribution in [2.75, 3.05) is 20.2 Å². The highest BCUT2D eigenvalue weighted by Gasteiger charge is 2.00. The van der Waals surface area contributed by atoms with E-state index in [1.165, 1.54) is 0 Å². The quantitative estimate of drug-likeness (QED) is 0.385. The van der Waals surface area contributed by atoms with Crippen molar-refractivity contribution < 1.29 is 4.74 Å². The van der Waals surface area contributed by atoms with Gasteiger partial charge in [0.15, 0.2) is 5.96 Å². The summed E-state index contributed by atoms with van der Waals surface area (Å²) in [4.78, 5) is 8.49. The van der Waals surface area contributed by atoms with Crippen molar-refractivity contribution in [1.82, 2.24) is 15.6 Å². The van der Waals surface area contributed by atoms with Gasteiger partial charge in [-0.1, -0.05) is 26.8 Å². The monoisotopic (exact) mass is 420 g/mol. The van der Waals surface area contributed by atoms with E-state index in [9.17, 15) is 0 Å². The van der Waals surface area contributed by atoms with E-state index in [0.29, 0.717) is 24.9 Å². The Balaban J connectivity index is 0.00000441. The van der Waals surface area contributed by atoms with Gasteiger partial charge in [0, 0.05) is 32.4 Å². The summed E-state index contributed by atoms with van der Waals surface area (Å²) in [6, 6.07) is 3.92. The Kier molecular flexibility index (Phi) is 11.9. The average Bonchev–Trinajstić information content (AvgIpc) is 2.49. The molecule has 1 heterocycles. The molecule has 1 aromatic rings. The van der Waals surface area contributed by atoms with Crippen molar-refractivity contribution in [3.05, 3.63) is 23.9 Å². The van der Waals surface area contributed by atoms with Crippen LogP contribution in [0.25, 0.3) is 0 Å². The summed E-state index contributed by atoms with van der Waals surface area (Å²) in [6.45, 7) is 8.84. The van der Waals surface area contributed by atoms with E-state index in [1.54, 1.807) is 7.05 Å². The van der Waals surface area contributed by atoms with E-state index in [-0.39, 0.29) is 24.0 Å². The molecule has 0 aliphatic rings. The predicted molar refractivity (Wildman–Crippen MR) is 103 cm³/mol. The van der Waals surface area contributed by atoms with E-state index in [0.717, 1.165) is 30.9 Å². The van der Waals surface area contributed by atoms with Crippen molar-refractivity contribution in [3.8, 4) is 5.88 Å². The van der Waals surface area contributed by atoms with Gasteiger partial charge in [-0.2, -0.15) is 0 Å². The molecule has 5 nitrogen and oxygen atoms in total. The van der Waals surface area contributed by atoms with E-state index in [1.807, 2.05) is 18.3 Å². The number of guanidine groups is 1. The third-order valence-corrected chi connectivity index (χ3v) is 2.95. The van der Waals surface area contributed by atoms with Gasteiger partial charge in [-0.15, -0.1) is 24.0 Å². The summed E-state index contributed by atoms with van der Waals surface area (Å²) in [7, 11) is 1.78. The van der Waals surface area contributed by atoms with Crippen LogP contribution >= 0.6 is 24.0 Å². The fourth-order valence-corrected chi connectivity index (χ4v) is 1.69. The van der Waals surface area contributed by atoms with Crippen LogP contribution < -0.4 is 15.4 Å². The molecule has 0 unspecified atom stereocenters. The number of pyridine rings is 1. The molecule has 2 N–H and O–H groups in total. The number of nitrogens with zero attached hydrogens (tertiary/aromatic N) is 2. The van der Waals surface area contributed by atoms with Crippen LogP contribution in [-0.4, -0.2) is 31.1 Å². The molecule has 6 heteroatoms. The predicted octanol–water partition coefficient (Wildman–Crippen LogP) is 3.20. The highest BCUT2D eigenvalue weighted by molar-refractivity contribution is 14.0. The second-order valence-corrected chi connectivity index (χ2v) is 5.39. The Morgan fingerprint density at radius 1 is 1.32 bits per heavy atom. The Morgan fingerprint density at radius 2 is 2.09 bits per heavy atom. The van der Waals surface area contributed by atoms with Gasteiger partial charge in [-0.25, -0.2) is 4.98 Å². The number of hydrogen-bond acceptors (Lipinski definition) is 3. The summed E-state index contributed by atoms with van der Waals surface area (Å²) in [6.07, 6.45) is 3.95. The average molecular weight is 420 g/mol. The van der Waals surface area contributed by atoms with Crippen molar-refractivity contribution >= 4 is 29.9 Å². The van der Waals surface area contributed by atoms with Gasteiger partial charge in [-0.3, -0.25) is 4.99 Å². The second kappa shape index (κ2) is 12.5. The van der Waals surface area contributed by atoms with E-state index in [2.05, 4.69) is 41.4 Å². The molecule has 126 valence electrons. The normalized spacial score (nSPS) is 11.0. The van der Waals surface area contributed by atoms with Crippen LogP contribution in [0.1, 0.15) is 39.2 Å². The lowest BCUT2D eigenvalue weighted by molar-refractivity contribution is 0.305. The third kappa shape index (κ3) is 9.07. The maximum atomic E-state index is 5.46. The number of halogens is 1. The van der Waals surface area contributed by atoms with Crippen LogP contribution in [0.3, 0.4) is 0 Å². The molecule has 0 amide bonds. The first-order valence-electron chi connectivity index (χ1n) is 7.68. The lowest BCUT2D eigenvalue weighted by Crippen LogP contribution is -2.37. The molecule has 0 saturated heterocycles. The van der Waals surface area contributed by atoms with E-state index < -0.39 is 0 Å². The first-order chi connectivity index (χ1) is 10.2. The largest absolute Gasteiger partial charge is 0.478 e. The first kappa shape index (κ1) is 20.9. The number of nitrogens with one attached hydrogen (secondary N) is 2. The maximum Gasteiger partial charge on any atom is 0.213 e. The molecule has 0 aromatic carbocycles. The molecule has 0 fully saturated rings. The highest BCUT2D eigenvalue weighted by atomic mass is 127. The molecule has 0 atom stereocenters. The van der Waals surface area contributed by atoms with Gasteiger partial charge in [0.1, 0.15) is 0 Å². The van der Waals surface area contributed by atoms with Crippen molar-refractivity contribution in [2.24, 2.45) is 10.9 Å². The summed E-state index contributed by atoms with van der Waals surface area (Å²) < 4.78 is 5.46. The summed E-state index contributed by atoms with van der Waals surface area (Å²) in [5.41, 5.74) is 1.10. The van der Waals surface area contributed by atoms with Crippen LogP contribution in [0.15, 0.2) is 23.3 Å². The Bertz CT molecular complexity index is 421. The summed E-state index contributed by atoms with van der Waals surface area (Å²) in [5, 5.41) is 6.58. The minimum atomic E-state index is 0. The van der Waals surface area contributed by atoms with Gasteiger partial charge < -0.3 is 15.4 Å². The van der Waals surface area contributed by atoms with Crippen LogP contribution in [-0.2, 0) is 6.54 Å². The van der Waals surface area contributed by atoms with Crippen LogP contribution in [0.2, 0.25) is 0 Å². The fraction of sp³-hybridized carbons (Fsp3) is 0.625. The lowest BCUT2D eigenvalue weighted by Gasteiger charge is -2.13.